The summed E-state index contributed by atoms with van der Waals surface area (Å²) in [6, 6.07) is 5.32. The third-order valence-electron chi connectivity index (χ3n) is 2.96. The minimum absolute atomic E-state index is 0.0917. The van der Waals surface area contributed by atoms with E-state index in [1.54, 1.807) is 12.1 Å². The summed E-state index contributed by atoms with van der Waals surface area (Å²) in [4.78, 5) is 4.21. The summed E-state index contributed by atoms with van der Waals surface area (Å²) in [5.74, 6) is 0.727. The Morgan fingerprint density at radius 3 is 2.81 bits per heavy atom. The normalized spacial score (nSPS) is 13.5. The van der Waals surface area contributed by atoms with Crippen LogP contribution in [0.15, 0.2) is 22.5 Å². The lowest BCUT2D eigenvalue weighted by molar-refractivity contribution is 0.341. The Kier molecular flexibility index (Phi) is 5.18. The number of nitrogens with zero attached hydrogens (tertiary/aromatic N) is 1. The van der Waals surface area contributed by atoms with E-state index in [0.717, 1.165) is 34.6 Å². The molecular weight excluding hydrogens is 308 g/mol. The summed E-state index contributed by atoms with van der Waals surface area (Å²) in [6.07, 6.45) is 1.74. The smallest absolute Gasteiger partial charge is 0.268 e. The summed E-state index contributed by atoms with van der Waals surface area (Å²) >= 11 is 1.16. The van der Waals surface area contributed by atoms with Crippen LogP contribution in [0, 0.1) is 0 Å². The lowest BCUT2D eigenvalue weighted by Crippen LogP contribution is -2.32. The first-order chi connectivity index (χ1) is 9.96. The topological polar surface area (TPSA) is 68.3 Å². The monoisotopic (exact) mass is 328 g/mol. The van der Waals surface area contributed by atoms with E-state index in [0.29, 0.717) is 12.1 Å². The van der Waals surface area contributed by atoms with Gasteiger partial charge in [-0.25, -0.2) is 18.1 Å². The van der Waals surface area contributed by atoms with Crippen molar-refractivity contribution in [3.63, 3.8) is 0 Å². The zero-order valence-electron chi connectivity index (χ0n) is 12.4. The molecule has 0 fully saturated rings. The Bertz CT molecular complexity index is 710. The van der Waals surface area contributed by atoms with Crippen molar-refractivity contribution < 1.29 is 13.2 Å². The molecule has 1 atom stereocenters. The molecule has 1 aromatic heterocycles. The number of aromatic nitrogens is 1. The number of hydrogen-bond donors (Lipinski definition) is 1. The summed E-state index contributed by atoms with van der Waals surface area (Å²) in [5.41, 5.74) is 0.673. The molecule has 2 rings (SSSR count). The number of sulfonamides is 1. The molecule has 21 heavy (non-hydrogen) atoms. The molecule has 1 aromatic carbocycles. The van der Waals surface area contributed by atoms with E-state index in [1.807, 2.05) is 26.8 Å². The number of hydrogen-bond acceptors (Lipinski definition) is 5. The van der Waals surface area contributed by atoms with Gasteiger partial charge in [-0.3, -0.25) is 0 Å². The molecule has 1 heterocycles. The minimum Gasteiger partial charge on any atom is -0.494 e. The van der Waals surface area contributed by atoms with Gasteiger partial charge in [0.05, 0.1) is 16.8 Å². The van der Waals surface area contributed by atoms with Crippen LogP contribution in [0.5, 0.6) is 5.75 Å². The highest BCUT2D eigenvalue weighted by atomic mass is 32.2. The third-order valence-corrected chi connectivity index (χ3v) is 5.94. The maximum atomic E-state index is 12.3. The first kappa shape index (κ1) is 16.2. The van der Waals surface area contributed by atoms with Crippen molar-refractivity contribution in [3.8, 4) is 5.75 Å². The Morgan fingerprint density at radius 1 is 1.38 bits per heavy atom. The van der Waals surface area contributed by atoms with E-state index in [1.165, 1.54) is 0 Å². The number of thiazole rings is 1. The van der Waals surface area contributed by atoms with Gasteiger partial charge in [0.15, 0.2) is 0 Å². The van der Waals surface area contributed by atoms with Crippen LogP contribution in [0.3, 0.4) is 0 Å². The van der Waals surface area contributed by atoms with Crippen molar-refractivity contribution in [2.45, 2.75) is 44.0 Å². The van der Waals surface area contributed by atoms with E-state index in [2.05, 4.69) is 9.71 Å². The molecule has 1 N–H and O–H groups in total. The van der Waals surface area contributed by atoms with Crippen molar-refractivity contribution in [2.24, 2.45) is 0 Å². The van der Waals surface area contributed by atoms with Crippen LogP contribution >= 0.6 is 11.3 Å². The van der Waals surface area contributed by atoms with Crippen molar-refractivity contribution in [1.82, 2.24) is 9.71 Å². The van der Waals surface area contributed by atoms with Crippen molar-refractivity contribution >= 4 is 31.6 Å². The van der Waals surface area contributed by atoms with E-state index in [-0.39, 0.29) is 10.4 Å². The highest BCUT2D eigenvalue weighted by Crippen LogP contribution is 2.28. The molecule has 0 aliphatic heterocycles. The Labute approximate surface area is 129 Å². The van der Waals surface area contributed by atoms with E-state index in [4.69, 9.17) is 4.74 Å². The van der Waals surface area contributed by atoms with Gasteiger partial charge in [0.1, 0.15) is 5.75 Å². The van der Waals surface area contributed by atoms with Gasteiger partial charge in [0.25, 0.3) is 10.0 Å². The predicted molar refractivity (Wildman–Crippen MR) is 85.5 cm³/mol. The first-order valence-corrected chi connectivity index (χ1v) is 9.32. The van der Waals surface area contributed by atoms with Crippen LogP contribution in [-0.2, 0) is 10.0 Å². The molecule has 0 spiro atoms. The Hall–Kier alpha value is -1.18. The molecule has 0 saturated carbocycles. The van der Waals surface area contributed by atoms with Crippen LogP contribution < -0.4 is 9.46 Å². The van der Waals surface area contributed by atoms with Crippen LogP contribution in [0.2, 0.25) is 0 Å². The molecule has 2 aromatic rings. The van der Waals surface area contributed by atoms with Gasteiger partial charge in [-0.2, -0.15) is 0 Å². The lowest BCUT2D eigenvalue weighted by Gasteiger charge is -2.10. The number of ether oxygens (including phenoxy) is 1. The van der Waals surface area contributed by atoms with Crippen molar-refractivity contribution in [3.05, 3.63) is 18.2 Å². The van der Waals surface area contributed by atoms with Gasteiger partial charge in [-0.15, -0.1) is 11.3 Å². The van der Waals surface area contributed by atoms with Gasteiger partial charge < -0.3 is 4.74 Å². The molecule has 7 heteroatoms. The highest BCUT2D eigenvalue weighted by molar-refractivity contribution is 7.91. The summed E-state index contributed by atoms with van der Waals surface area (Å²) in [5, 5.41) is 0. The van der Waals surface area contributed by atoms with Crippen LogP contribution in [0.4, 0.5) is 0 Å². The molecule has 0 aliphatic rings. The lowest BCUT2D eigenvalue weighted by atomic mass is 10.2. The molecule has 0 aliphatic carbocycles. The van der Waals surface area contributed by atoms with Crippen LogP contribution in [-0.4, -0.2) is 26.1 Å². The van der Waals surface area contributed by atoms with Gasteiger partial charge in [-0.05, 0) is 38.5 Å². The Balaban J connectivity index is 2.29. The van der Waals surface area contributed by atoms with E-state index >= 15 is 0 Å². The van der Waals surface area contributed by atoms with Crippen LogP contribution in [0.1, 0.15) is 33.6 Å². The molecular formula is C14H20N2O3S2. The summed E-state index contributed by atoms with van der Waals surface area (Å²) in [7, 11) is -3.55. The average Bonchev–Trinajstić information content (AvgIpc) is 2.82. The quantitative estimate of drug-likeness (QED) is 0.847. The van der Waals surface area contributed by atoms with E-state index < -0.39 is 10.0 Å². The zero-order valence-corrected chi connectivity index (χ0v) is 14.1. The molecule has 0 bridgehead atoms. The fraction of sp³-hybridized carbons (Fsp3) is 0.500. The number of fused-ring (bicyclic) bond motifs is 1. The minimum atomic E-state index is -3.55. The fourth-order valence-corrected chi connectivity index (χ4v) is 4.61. The maximum Gasteiger partial charge on any atom is 0.268 e. The number of benzene rings is 1. The third kappa shape index (κ3) is 3.93. The molecule has 1 unspecified atom stereocenters. The standard InChI is InChI=1S/C14H20N2O3S2/c1-4-6-10(3)16-21(17,18)14-15-12-8-7-11(19-5-2)9-13(12)20-14/h7-10,16H,4-6H2,1-3H3. The molecule has 0 saturated heterocycles. The number of nitrogens with one attached hydrogen (secondary N) is 1. The van der Waals surface area contributed by atoms with Crippen molar-refractivity contribution in [2.75, 3.05) is 6.61 Å². The molecule has 0 amide bonds. The van der Waals surface area contributed by atoms with E-state index in [9.17, 15) is 8.42 Å². The number of rotatable bonds is 7. The van der Waals surface area contributed by atoms with Gasteiger partial charge in [-0.1, -0.05) is 13.3 Å². The second-order valence-corrected chi connectivity index (χ2v) is 7.77. The molecule has 5 nitrogen and oxygen atoms in total. The Morgan fingerprint density at radius 2 is 2.14 bits per heavy atom. The van der Waals surface area contributed by atoms with Crippen LogP contribution in [0.25, 0.3) is 10.2 Å². The molecule has 116 valence electrons. The fourth-order valence-electron chi connectivity index (χ4n) is 2.06. The summed E-state index contributed by atoms with van der Waals surface area (Å²) in [6.45, 7) is 6.37. The SMILES string of the molecule is CCCC(C)NS(=O)(=O)c1nc2ccc(OCC)cc2s1. The average molecular weight is 328 g/mol. The largest absolute Gasteiger partial charge is 0.494 e. The van der Waals surface area contributed by atoms with Gasteiger partial charge in [0.2, 0.25) is 4.34 Å². The summed E-state index contributed by atoms with van der Waals surface area (Å²) < 4.78 is 33.6. The first-order valence-electron chi connectivity index (χ1n) is 7.02. The highest BCUT2D eigenvalue weighted by Gasteiger charge is 2.21. The van der Waals surface area contributed by atoms with Gasteiger partial charge >= 0.3 is 0 Å². The second-order valence-electron chi connectivity index (χ2n) is 4.85. The molecule has 0 radical (unpaired) electrons. The second kappa shape index (κ2) is 6.72. The van der Waals surface area contributed by atoms with Crippen molar-refractivity contribution in [1.29, 1.82) is 0 Å². The maximum absolute atomic E-state index is 12.3. The van der Waals surface area contributed by atoms with Gasteiger partial charge in [0, 0.05) is 6.04 Å². The zero-order chi connectivity index (χ0) is 15.5. The predicted octanol–water partition coefficient (Wildman–Crippen LogP) is 3.16.